The fourth-order valence-corrected chi connectivity index (χ4v) is 7.93. The molecule has 7 aromatic rings. The summed E-state index contributed by atoms with van der Waals surface area (Å²) in [5, 5.41) is 0. The van der Waals surface area contributed by atoms with Crippen molar-refractivity contribution < 1.29 is 0 Å². The Kier molecular flexibility index (Phi) is 6.69. The van der Waals surface area contributed by atoms with Crippen molar-refractivity contribution in [2.75, 3.05) is 0 Å². The molecule has 0 saturated heterocycles. The molecule has 2 aliphatic carbocycles. The Morgan fingerprint density at radius 2 is 1.06 bits per heavy atom. The minimum Gasteiger partial charge on any atom is -0.208 e. The van der Waals surface area contributed by atoms with Gasteiger partial charge in [-0.05, 0) is 75.0 Å². The van der Waals surface area contributed by atoms with Gasteiger partial charge >= 0.3 is 0 Å². The van der Waals surface area contributed by atoms with Crippen LogP contribution in [0.2, 0.25) is 0 Å². The van der Waals surface area contributed by atoms with Gasteiger partial charge in [-0.2, -0.15) is 0 Å². The normalized spacial score (nSPS) is 15.5. The van der Waals surface area contributed by atoms with Gasteiger partial charge < -0.3 is 0 Å². The Bertz CT molecular complexity index is 2260. The largest absolute Gasteiger partial charge is 0.208 e. The summed E-state index contributed by atoms with van der Waals surface area (Å²) < 4.78 is 0. The molecule has 2 aliphatic rings. The zero-order valence-corrected chi connectivity index (χ0v) is 27.2. The molecule has 0 spiro atoms. The lowest BCUT2D eigenvalue weighted by Gasteiger charge is -2.22. The van der Waals surface area contributed by atoms with E-state index in [1.807, 2.05) is 36.4 Å². The lowest BCUT2D eigenvalue weighted by Crippen LogP contribution is -2.15. The number of rotatable bonds is 4. The molecule has 6 aromatic carbocycles. The zero-order valence-electron chi connectivity index (χ0n) is 27.2. The molecule has 48 heavy (non-hydrogen) atoms. The molecule has 1 atom stereocenters. The molecule has 0 saturated carbocycles. The summed E-state index contributed by atoms with van der Waals surface area (Å²) in [6, 6.07) is 52.2. The van der Waals surface area contributed by atoms with Crippen LogP contribution in [0.5, 0.6) is 0 Å². The van der Waals surface area contributed by atoms with Gasteiger partial charge in [-0.3, -0.25) is 0 Å². The quantitative estimate of drug-likeness (QED) is 0.197. The Morgan fingerprint density at radius 3 is 1.77 bits per heavy atom. The molecular formula is C45H35N3. The predicted molar refractivity (Wildman–Crippen MR) is 196 cm³/mol. The van der Waals surface area contributed by atoms with Crippen LogP contribution >= 0.6 is 0 Å². The lowest BCUT2D eigenvalue weighted by atomic mass is 9.81. The van der Waals surface area contributed by atoms with Crippen LogP contribution in [-0.4, -0.2) is 15.0 Å². The van der Waals surface area contributed by atoms with E-state index >= 15 is 0 Å². The van der Waals surface area contributed by atoms with E-state index in [9.17, 15) is 0 Å². The molecule has 0 amide bonds. The first kappa shape index (κ1) is 28.5. The number of aryl methyl sites for hydroxylation is 1. The van der Waals surface area contributed by atoms with E-state index in [2.05, 4.69) is 123 Å². The van der Waals surface area contributed by atoms with Crippen molar-refractivity contribution >= 4 is 0 Å². The van der Waals surface area contributed by atoms with Crippen molar-refractivity contribution in [1.29, 1.82) is 0 Å². The number of nitrogens with zero attached hydrogens (tertiary/aromatic N) is 3. The van der Waals surface area contributed by atoms with Gasteiger partial charge in [-0.15, -0.1) is 0 Å². The molecule has 0 N–H and O–H groups in total. The van der Waals surface area contributed by atoms with Gasteiger partial charge in [0.05, 0.1) is 0 Å². The topological polar surface area (TPSA) is 38.7 Å². The highest BCUT2D eigenvalue weighted by molar-refractivity contribution is 5.87. The molecule has 0 radical (unpaired) electrons. The predicted octanol–water partition coefficient (Wildman–Crippen LogP) is 10.9. The lowest BCUT2D eigenvalue weighted by molar-refractivity contribution is 0.657. The highest BCUT2D eigenvalue weighted by Gasteiger charge is 2.37. The van der Waals surface area contributed by atoms with E-state index in [0.29, 0.717) is 17.5 Å². The first-order chi connectivity index (χ1) is 23.5. The number of hydrogen-bond donors (Lipinski definition) is 0. The summed E-state index contributed by atoms with van der Waals surface area (Å²) in [6.07, 6.45) is 2.04. The zero-order chi connectivity index (χ0) is 32.2. The first-order valence-corrected chi connectivity index (χ1v) is 16.9. The highest BCUT2D eigenvalue weighted by atomic mass is 15.0. The second-order valence-corrected chi connectivity index (χ2v) is 13.6. The average molecular weight is 618 g/mol. The third-order valence-electron chi connectivity index (χ3n) is 10.4. The maximum absolute atomic E-state index is 5.03. The molecule has 0 fully saturated rings. The third-order valence-corrected chi connectivity index (χ3v) is 10.4. The van der Waals surface area contributed by atoms with Crippen molar-refractivity contribution in [2.45, 2.75) is 38.0 Å². The van der Waals surface area contributed by atoms with E-state index in [-0.39, 0.29) is 11.3 Å². The Labute approximate surface area is 282 Å². The van der Waals surface area contributed by atoms with Crippen molar-refractivity contribution in [2.24, 2.45) is 0 Å². The van der Waals surface area contributed by atoms with Crippen molar-refractivity contribution in [1.82, 2.24) is 15.0 Å². The Morgan fingerprint density at radius 1 is 0.479 bits per heavy atom. The van der Waals surface area contributed by atoms with Crippen LogP contribution in [0, 0.1) is 0 Å². The Hall–Kier alpha value is -5.67. The van der Waals surface area contributed by atoms with Crippen LogP contribution in [0.1, 0.15) is 54.0 Å². The standard InChI is InChI=1S/C45H35N3/c1-45(2)40-23-12-11-22-37(40)39-28-38-32(27-41(39)45)24-25-34(35-20-9-10-21-36(35)38)31-18-13-19-33(26-31)44-47-42(29-14-5-3-6-15-29)46-43(48-44)30-16-7-4-8-17-30/h3-23,26-28,34H,24-25H2,1-2H3. The summed E-state index contributed by atoms with van der Waals surface area (Å²) in [6.45, 7) is 4.74. The minimum atomic E-state index is -0.0116. The smallest absolute Gasteiger partial charge is 0.164 e. The number of benzene rings is 6. The number of hydrogen-bond acceptors (Lipinski definition) is 3. The molecule has 230 valence electrons. The fraction of sp³-hybridized carbons (Fsp3) is 0.133. The fourth-order valence-electron chi connectivity index (χ4n) is 7.93. The van der Waals surface area contributed by atoms with Gasteiger partial charge in [0, 0.05) is 28.0 Å². The summed E-state index contributed by atoms with van der Waals surface area (Å²) in [5.41, 5.74) is 15.4. The van der Waals surface area contributed by atoms with Crippen LogP contribution in [0.4, 0.5) is 0 Å². The van der Waals surface area contributed by atoms with E-state index in [4.69, 9.17) is 15.0 Å². The molecule has 1 heterocycles. The molecule has 0 aliphatic heterocycles. The average Bonchev–Trinajstić information content (AvgIpc) is 3.26. The van der Waals surface area contributed by atoms with Crippen LogP contribution in [0.15, 0.2) is 146 Å². The summed E-state index contributed by atoms with van der Waals surface area (Å²) in [5.74, 6) is 2.29. The third kappa shape index (κ3) is 4.69. The van der Waals surface area contributed by atoms with E-state index in [0.717, 1.165) is 29.5 Å². The summed E-state index contributed by atoms with van der Waals surface area (Å²) in [4.78, 5) is 15.0. The maximum atomic E-state index is 5.03. The first-order valence-electron chi connectivity index (χ1n) is 16.9. The maximum Gasteiger partial charge on any atom is 0.164 e. The van der Waals surface area contributed by atoms with Gasteiger partial charge in [0.1, 0.15) is 0 Å². The van der Waals surface area contributed by atoms with Gasteiger partial charge in [-0.25, -0.2) is 15.0 Å². The van der Waals surface area contributed by atoms with Crippen molar-refractivity contribution in [3.63, 3.8) is 0 Å². The van der Waals surface area contributed by atoms with Gasteiger partial charge in [0.2, 0.25) is 0 Å². The van der Waals surface area contributed by atoms with Crippen LogP contribution in [0.25, 0.3) is 56.4 Å². The summed E-state index contributed by atoms with van der Waals surface area (Å²) >= 11 is 0. The SMILES string of the molecule is CC1(C)c2ccccc2-c2cc3c(cc21)CCC(c1cccc(-c2nc(-c4ccccc4)nc(-c4ccccc4)n2)c1)c1ccccc1-3. The van der Waals surface area contributed by atoms with Gasteiger partial charge in [0.25, 0.3) is 0 Å². The monoisotopic (exact) mass is 617 g/mol. The minimum absolute atomic E-state index is 0.0116. The number of fused-ring (bicyclic) bond motifs is 6. The van der Waals surface area contributed by atoms with E-state index < -0.39 is 0 Å². The van der Waals surface area contributed by atoms with E-state index in [1.165, 1.54) is 50.1 Å². The van der Waals surface area contributed by atoms with Crippen LogP contribution in [-0.2, 0) is 11.8 Å². The second kappa shape index (κ2) is 11.2. The van der Waals surface area contributed by atoms with Crippen molar-refractivity contribution in [3.05, 3.63) is 173 Å². The van der Waals surface area contributed by atoms with Crippen LogP contribution < -0.4 is 0 Å². The molecule has 3 heteroatoms. The van der Waals surface area contributed by atoms with Crippen LogP contribution in [0.3, 0.4) is 0 Å². The molecule has 0 bridgehead atoms. The highest BCUT2D eigenvalue weighted by Crippen LogP contribution is 2.52. The Balaban J connectivity index is 1.15. The molecule has 1 unspecified atom stereocenters. The molecule has 3 nitrogen and oxygen atoms in total. The second-order valence-electron chi connectivity index (χ2n) is 13.6. The van der Waals surface area contributed by atoms with E-state index in [1.54, 1.807) is 0 Å². The summed E-state index contributed by atoms with van der Waals surface area (Å²) in [7, 11) is 0. The molecule has 9 rings (SSSR count). The van der Waals surface area contributed by atoms with Gasteiger partial charge in [-0.1, -0.05) is 147 Å². The van der Waals surface area contributed by atoms with Crippen molar-refractivity contribution in [3.8, 4) is 56.4 Å². The molecule has 1 aromatic heterocycles. The number of aromatic nitrogens is 3. The molecular weight excluding hydrogens is 583 g/mol. The van der Waals surface area contributed by atoms with Gasteiger partial charge in [0.15, 0.2) is 17.5 Å².